The van der Waals surface area contributed by atoms with E-state index in [9.17, 15) is 0 Å². The van der Waals surface area contributed by atoms with Gasteiger partial charge in [0, 0.05) is 52.0 Å². The van der Waals surface area contributed by atoms with E-state index in [1.165, 1.54) is 5.69 Å². The van der Waals surface area contributed by atoms with Crippen molar-refractivity contribution < 1.29 is 4.74 Å². The number of aliphatic imine (C=N–C) groups is 1. The Balaban J connectivity index is 0.00000312. The summed E-state index contributed by atoms with van der Waals surface area (Å²) < 4.78 is 5.23. The Bertz CT molecular complexity index is 515. The number of nitrogens with one attached hydrogen (secondary N) is 1. The number of methoxy groups -OCH3 is 1. The highest BCUT2D eigenvalue weighted by atomic mass is 127. The molecule has 1 aliphatic heterocycles. The van der Waals surface area contributed by atoms with E-state index >= 15 is 0 Å². The minimum absolute atomic E-state index is 0. The van der Waals surface area contributed by atoms with Crippen molar-refractivity contribution in [1.29, 1.82) is 0 Å². The molecule has 2 rings (SSSR count). The van der Waals surface area contributed by atoms with Crippen LogP contribution in [0.15, 0.2) is 29.3 Å². The summed E-state index contributed by atoms with van der Waals surface area (Å²) in [6.07, 6.45) is 0. The van der Waals surface area contributed by atoms with E-state index < -0.39 is 0 Å². The Hall–Kier alpha value is -1.22. The Morgan fingerprint density at radius 2 is 1.84 bits per heavy atom. The molecule has 0 spiro atoms. The van der Waals surface area contributed by atoms with Gasteiger partial charge < -0.3 is 24.8 Å². The zero-order valence-corrected chi connectivity index (χ0v) is 18.2. The molecular weight excluding hydrogens is 429 g/mol. The third-order valence-electron chi connectivity index (χ3n) is 4.55. The summed E-state index contributed by atoms with van der Waals surface area (Å²) in [5.74, 6) is 1.91. The van der Waals surface area contributed by atoms with Crippen LogP contribution in [0, 0.1) is 0 Å². The number of rotatable bonds is 6. The molecule has 7 heteroatoms. The second-order valence-corrected chi connectivity index (χ2v) is 6.04. The summed E-state index contributed by atoms with van der Waals surface area (Å²) in [5.41, 5.74) is 1.25. The molecule has 0 unspecified atom stereocenters. The molecule has 1 fully saturated rings. The normalized spacial score (nSPS) is 15.2. The monoisotopic (exact) mass is 461 g/mol. The first kappa shape index (κ1) is 21.8. The van der Waals surface area contributed by atoms with E-state index in [0.29, 0.717) is 0 Å². The van der Waals surface area contributed by atoms with Crippen LogP contribution in [0.4, 0.5) is 5.69 Å². The molecule has 0 aromatic heterocycles. The first-order chi connectivity index (χ1) is 11.7. The topological polar surface area (TPSA) is 43.3 Å². The zero-order chi connectivity index (χ0) is 17.4. The summed E-state index contributed by atoms with van der Waals surface area (Å²) in [4.78, 5) is 11.5. The largest absolute Gasteiger partial charge is 0.497 e. The number of halogens is 1. The van der Waals surface area contributed by atoms with E-state index in [1.807, 2.05) is 19.2 Å². The van der Waals surface area contributed by atoms with Crippen molar-refractivity contribution in [3.8, 4) is 5.75 Å². The predicted molar refractivity (Wildman–Crippen MR) is 117 cm³/mol. The van der Waals surface area contributed by atoms with E-state index in [4.69, 9.17) is 4.74 Å². The third kappa shape index (κ3) is 6.54. The Labute approximate surface area is 169 Å². The fourth-order valence-corrected chi connectivity index (χ4v) is 2.82. The maximum atomic E-state index is 5.23. The van der Waals surface area contributed by atoms with Crippen LogP contribution >= 0.6 is 24.0 Å². The number of ether oxygens (including phenoxy) is 1. The second kappa shape index (κ2) is 11.4. The smallest absolute Gasteiger partial charge is 0.193 e. The van der Waals surface area contributed by atoms with Crippen LogP contribution in [0.2, 0.25) is 0 Å². The predicted octanol–water partition coefficient (Wildman–Crippen LogP) is 1.96. The minimum Gasteiger partial charge on any atom is -0.497 e. The summed E-state index contributed by atoms with van der Waals surface area (Å²) in [6, 6.07) is 8.29. The molecule has 1 aromatic carbocycles. The van der Waals surface area contributed by atoms with Crippen LogP contribution in [0.5, 0.6) is 5.75 Å². The van der Waals surface area contributed by atoms with Crippen LogP contribution in [-0.4, -0.2) is 82.8 Å². The quantitative estimate of drug-likeness (QED) is 0.399. The van der Waals surface area contributed by atoms with Gasteiger partial charge in [-0.25, -0.2) is 0 Å². The maximum absolute atomic E-state index is 5.23. The van der Waals surface area contributed by atoms with Gasteiger partial charge in [-0.15, -0.1) is 24.0 Å². The molecular formula is C18H32IN5O. The molecule has 0 bridgehead atoms. The molecule has 0 aliphatic carbocycles. The highest BCUT2D eigenvalue weighted by Crippen LogP contribution is 2.20. The standard InChI is InChI=1S/C18H31N5O.HI/c1-5-21(3)11-10-20-18(19-2)23-14-12-22(13-15-23)16-6-8-17(24-4)9-7-16;/h6-9H,5,10-15H2,1-4H3,(H,19,20);1H. The Morgan fingerprint density at radius 3 is 2.36 bits per heavy atom. The van der Waals surface area contributed by atoms with Crippen LogP contribution in [0.1, 0.15) is 6.92 Å². The number of benzene rings is 1. The summed E-state index contributed by atoms with van der Waals surface area (Å²) in [6.45, 7) is 9.17. The van der Waals surface area contributed by atoms with Gasteiger partial charge in [-0.2, -0.15) is 0 Å². The van der Waals surface area contributed by atoms with Crippen molar-refractivity contribution in [2.24, 2.45) is 4.99 Å². The number of hydrogen-bond donors (Lipinski definition) is 1. The lowest BCUT2D eigenvalue weighted by molar-refractivity contribution is 0.344. The SMILES string of the molecule is CCN(C)CCNC(=NC)N1CCN(c2ccc(OC)cc2)CC1.I. The first-order valence-electron chi connectivity index (χ1n) is 8.71. The molecule has 0 atom stereocenters. The lowest BCUT2D eigenvalue weighted by Crippen LogP contribution is -2.53. The van der Waals surface area contributed by atoms with Gasteiger partial charge in [0.1, 0.15) is 5.75 Å². The molecule has 142 valence electrons. The van der Waals surface area contributed by atoms with E-state index in [0.717, 1.165) is 57.5 Å². The highest BCUT2D eigenvalue weighted by molar-refractivity contribution is 14.0. The number of likely N-dealkylation sites (N-methyl/N-ethyl adjacent to an activating group) is 1. The molecule has 25 heavy (non-hydrogen) atoms. The number of nitrogens with zero attached hydrogens (tertiary/aromatic N) is 4. The van der Waals surface area contributed by atoms with E-state index in [-0.39, 0.29) is 24.0 Å². The Morgan fingerprint density at radius 1 is 1.20 bits per heavy atom. The van der Waals surface area contributed by atoms with Crippen LogP contribution in [0.3, 0.4) is 0 Å². The van der Waals surface area contributed by atoms with Crippen LogP contribution in [-0.2, 0) is 0 Å². The molecule has 0 radical (unpaired) electrons. The zero-order valence-electron chi connectivity index (χ0n) is 15.9. The van der Waals surface area contributed by atoms with Crippen molar-refractivity contribution in [2.45, 2.75) is 6.92 Å². The van der Waals surface area contributed by atoms with Gasteiger partial charge >= 0.3 is 0 Å². The maximum Gasteiger partial charge on any atom is 0.193 e. The summed E-state index contributed by atoms with van der Waals surface area (Å²) in [5, 5.41) is 3.47. The van der Waals surface area contributed by atoms with Gasteiger partial charge in [0.2, 0.25) is 0 Å². The van der Waals surface area contributed by atoms with Gasteiger partial charge in [-0.3, -0.25) is 4.99 Å². The molecule has 1 heterocycles. The highest BCUT2D eigenvalue weighted by Gasteiger charge is 2.19. The molecule has 1 N–H and O–H groups in total. The second-order valence-electron chi connectivity index (χ2n) is 6.04. The van der Waals surface area contributed by atoms with Crippen molar-refractivity contribution in [1.82, 2.24) is 15.1 Å². The Kier molecular flexibility index (Phi) is 9.96. The third-order valence-corrected chi connectivity index (χ3v) is 4.55. The number of hydrogen-bond acceptors (Lipinski definition) is 4. The van der Waals surface area contributed by atoms with Crippen molar-refractivity contribution in [3.63, 3.8) is 0 Å². The van der Waals surface area contributed by atoms with Gasteiger partial charge in [0.15, 0.2) is 5.96 Å². The summed E-state index contributed by atoms with van der Waals surface area (Å²) >= 11 is 0. The lowest BCUT2D eigenvalue weighted by Gasteiger charge is -2.37. The number of piperazine rings is 1. The van der Waals surface area contributed by atoms with Crippen molar-refractivity contribution in [3.05, 3.63) is 24.3 Å². The van der Waals surface area contributed by atoms with Crippen molar-refractivity contribution >= 4 is 35.6 Å². The van der Waals surface area contributed by atoms with E-state index in [2.05, 4.69) is 51.1 Å². The van der Waals surface area contributed by atoms with Gasteiger partial charge in [-0.1, -0.05) is 6.92 Å². The molecule has 1 saturated heterocycles. The van der Waals surface area contributed by atoms with Gasteiger partial charge in [0.25, 0.3) is 0 Å². The van der Waals surface area contributed by atoms with Crippen molar-refractivity contribution in [2.75, 3.05) is 71.9 Å². The van der Waals surface area contributed by atoms with Gasteiger partial charge in [-0.05, 0) is 37.9 Å². The minimum atomic E-state index is 0. The van der Waals surface area contributed by atoms with Crippen LogP contribution in [0.25, 0.3) is 0 Å². The molecule has 0 amide bonds. The first-order valence-corrected chi connectivity index (χ1v) is 8.71. The fourth-order valence-electron chi connectivity index (χ4n) is 2.82. The molecule has 1 aliphatic rings. The fraction of sp³-hybridized carbons (Fsp3) is 0.611. The number of guanidine groups is 1. The van der Waals surface area contributed by atoms with Crippen LogP contribution < -0.4 is 15.0 Å². The number of anilines is 1. The molecule has 6 nitrogen and oxygen atoms in total. The lowest BCUT2D eigenvalue weighted by atomic mass is 10.2. The average molecular weight is 461 g/mol. The average Bonchev–Trinajstić information content (AvgIpc) is 2.65. The molecule has 0 saturated carbocycles. The van der Waals surface area contributed by atoms with E-state index in [1.54, 1.807) is 7.11 Å². The van der Waals surface area contributed by atoms with Gasteiger partial charge in [0.05, 0.1) is 7.11 Å². The summed E-state index contributed by atoms with van der Waals surface area (Å²) in [7, 11) is 5.70. The molecule has 1 aromatic rings.